The molecule has 10 atom stereocenters. The molecule has 262 valence electrons. The Morgan fingerprint density at radius 2 is 1.55 bits per heavy atom. The third-order valence-electron chi connectivity index (χ3n) is 15.7. The molecule has 5 aliphatic rings. The molecule has 0 radical (unpaired) electrons. The molecular weight excluding hydrogens is 588 g/mol. The highest BCUT2D eigenvalue weighted by Gasteiger charge is 2.71. The molecule has 0 bridgehead atoms. The molecule has 0 saturated heterocycles. The Morgan fingerprint density at radius 1 is 0.872 bits per heavy atom. The Bertz CT molecular complexity index is 1350. The Labute approximate surface area is 284 Å². The molecule has 0 N–H and O–H groups in total. The third kappa shape index (κ3) is 5.79. The standard InChI is InChI=1S/C40H62N2O5/c1-25(2)27-13-18-40(21-26(43)24-42-41)20-19-38(8)28(34(27)40)11-12-30-37(7)16-15-31(36(5,6)29(37)14-17-39(30,38)9)47-33(45)23-35(3,4)22-32(44)46-10/h24,27-31,34H,1,11-23H2,2-10H3/t27?,28?,29?,30?,31-,34?,37-,38+,39+,40+/m0/s1. The SMILES string of the molecule is C=C(C)C1CC[C@]2(CC(=O)C=[N+]=[N-])CC[C@]3(C)C(CCC4[C@@]5(C)CC[C@H](OC(=O)CC(C)(C)CC(=O)OC)C(C)(C)C5CC[C@]43C)C12. The fourth-order valence-corrected chi connectivity index (χ4v) is 13.3. The maximum atomic E-state index is 13.3. The summed E-state index contributed by atoms with van der Waals surface area (Å²) >= 11 is 0. The second kappa shape index (κ2) is 12.3. The maximum Gasteiger partial charge on any atom is 0.323 e. The van der Waals surface area contributed by atoms with E-state index in [-0.39, 0.29) is 63.7 Å². The average Bonchev–Trinajstić information content (AvgIpc) is 3.34. The van der Waals surface area contributed by atoms with E-state index in [0.29, 0.717) is 36.0 Å². The van der Waals surface area contributed by atoms with Gasteiger partial charge in [-0.25, -0.2) is 0 Å². The van der Waals surface area contributed by atoms with E-state index in [4.69, 9.17) is 15.0 Å². The number of Topliss-reactive ketones (excluding diaryl/α,β-unsaturated/α-hetero) is 1. The van der Waals surface area contributed by atoms with Crippen LogP contribution in [0.4, 0.5) is 0 Å². The topological polar surface area (TPSA) is 106 Å². The lowest BCUT2D eigenvalue weighted by molar-refractivity contribution is -0.250. The first kappa shape index (κ1) is 36.0. The zero-order valence-electron chi connectivity index (χ0n) is 30.9. The number of hydrogen-bond donors (Lipinski definition) is 0. The summed E-state index contributed by atoms with van der Waals surface area (Å²) in [6, 6.07) is 0. The number of allylic oxidation sites excluding steroid dienone is 1. The average molecular weight is 651 g/mol. The van der Waals surface area contributed by atoms with Gasteiger partial charge in [-0.05, 0) is 128 Å². The Kier molecular flexibility index (Phi) is 9.39. The summed E-state index contributed by atoms with van der Waals surface area (Å²) < 4.78 is 11.2. The van der Waals surface area contributed by atoms with Gasteiger partial charge in [-0.3, -0.25) is 14.4 Å². The van der Waals surface area contributed by atoms with Crippen LogP contribution in [0.3, 0.4) is 0 Å². The summed E-state index contributed by atoms with van der Waals surface area (Å²) in [7, 11) is 1.38. The van der Waals surface area contributed by atoms with Gasteiger partial charge in [0.05, 0.1) is 20.0 Å². The van der Waals surface area contributed by atoms with E-state index < -0.39 is 5.41 Å². The van der Waals surface area contributed by atoms with Crippen molar-refractivity contribution in [2.24, 2.45) is 62.1 Å². The number of rotatable bonds is 9. The van der Waals surface area contributed by atoms with Crippen molar-refractivity contribution >= 4 is 23.9 Å². The minimum absolute atomic E-state index is 0.0360. The van der Waals surface area contributed by atoms with Gasteiger partial charge in [0.1, 0.15) is 6.10 Å². The van der Waals surface area contributed by atoms with Gasteiger partial charge in [-0.2, -0.15) is 4.79 Å². The molecule has 5 saturated carbocycles. The number of ketones is 1. The fourth-order valence-electron chi connectivity index (χ4n) is 13.3. The molecule has 0 spiro atoms. The minimum atomic E-state index is -0.516. The Morgan fingerprint density at radius 3 is 2.19 bits per heavy atom. The van der Waals surface area contributed by atoms with Crippen molar-refractivity contribution in [2.75, 3.05) is 7.11 Å². The van der Waals surface area contributed by atoms with Crippen molar-refractivity contribution < 1.29 is 28.6 Å². The summed E-state index contributed by atoms with van der Waals surface area (Å²) in [4.78, 5) is 41.2. The molecule has 0 aromatic rings. The molecule has 0 aromatic heterocycles. The van der Waals surface area contributed by atoms with Crippen molar-refractivity contribution in [1.82, 2.24) is 0 Å². The van der Waals surface area contributed by atoms with Crippen molar-refractivity contribution in [3.05, 3.63) is 17.7 Å². The van der Waals surface area contributed by atoms with Gasteiger partial charge in [-0.15, -0.1) is 0 Å². The van der Waals surface area contributed by atoms with Gasteiger partial charge in [-0.1, -0.05) is 60.6 Å². The predicted octanol–water partition coefficient (Wildman–Crippen LogP) is 8.80. The summed E-state index contributed by atoms with van der Waals surface area (Å²) in [6.07, 6.45) is 12.8. The lowest BCUT2D eigenvalue weighted by Gasteiger charge is -2.73. The normalized spacial score (nSPS) is 42.0. The van der Waals surface area contributed by atoms with E-state index in [0.717, 1.165) is 51.2 Å². The number of nitrogens with zero attached hydrogens (tertiary/aromatic N) is 2. The van der Waals surface area contributed by atoms with Crippen LogP contribution in [-0.2, 0) is 23.9 Å². The highest BCUT2D eigenvalue weighted by atomic mass is 16.5. The van der Waals surface area contributed by atoms with Crippen LogP contribution in [0.15, 0.2) is 12.2 Å². The zero-order chi connectivity index (χ0) is 34.8. The van der Waals surface area contributed by atoms with Gasteiger partial charge >= 0.3 is 18.2 Å². The van der Waals surface area contributed by atoms with Crippen LogP contribution in [0.1, 0.15) is 139 Å². The lowest BCUT2D eigenvalue weighted by Crippen LogP contribution is -2.66. The number of carbonyl (C=O) groups excluding carboxylic acids is 3. The number of ether oxygens (including phenoxy) is 2. The number of esters is 2. The van der Waals surface area contributed by atoms with Gasteiger partial charge in [0.15, 0.2) is 0 Å². The van der Waals surface area contributed by atoms with Crippen molar-refractivity contribution in [2.45, 2.75) is 145 Å². The molecule has 0 heterocycles. The quantitative estimate of drug-likeness (QED) is 0.0815. The summed E-state index contributed by atoms with van der Waals surface area (Å²) in [6.45, 7) is 23.0. The summed E-state index contributed by atoms with van der Waals surface area (Å²) in [5.41, 5.74) is 10.2. The molecule has 7 nitrogen and oxygen atoms in total. The highest BCUT2D eigenvalue weighted by Crippen LogP contribution is 2.78. The first-order valence-electron chi connectivity index (χ1n) is 18.4. The van der Waals surface area contributed by atoms with Crippen LogP contribution < -0.4 is 0 Å². The fraction of sp³-hybridized carbons (Fsp3) is 0.850. The number of methoxy groups -OCH3 is 1. The van der Waals surface area contributed by atoms with Crippen LogP contribution in [0, 0.1) is 62.1 Å². The second-order valence-electron chi connectivity index (χ2n) is 18.9. The van der Waals surface area contributed by atoms with Crippen LogP contribution in [-0.4, -0.2) is 41.9 Å². The molecule has 5 unspecified atom stereocenters. The van der Waals surface area contributed by atoms with Gasteiger partial charge in [0, 0.05) is 11.8 Å². The smallest absolute Gasteiger partial charge is 0.323 e. The highest BCUT2D eigenvalue weighted by molar-refractivity contribution is 6.25. The molecule has 5 fully saturated rings. The molecule has 5 aliphatic carbocycles. The lowest BCUT2D eigenvalue weighted by atomic mass is 9.32. The zero-order valence-corrected chi connectivity index (χ0v) is 30.9. The van der Waals surface area contributed by atoms with E-state index in [1.807, 2.05) is 13.8 Å². The van der Waals surface area contributed by atoms with E-state index >= 15 is 0 Å². The Balaban J connectivity index is 1.39. The van der Waals surface area contributed by atoms with Gasteiger partial charge in [0.25, 0.3) is 0 Å². The van der Waals surface area contributed by atoms with Crippen LogP contribution in [0.25, 0.3) is 5.53 Å². The number of carbonyl (C=O) groups is 3. The third-order valence-corrected chi connectivity index (χ3v) is 15.7. The Hall–Kier alpha value is -2.27. The monoisotopic (exact) mass is 650 g/mol. The van der Waals surface area contributed by atoms with Gasteiger partial charge in [0.2, 0.25) is 5.78 Å². The van der Waals surface area contributed by atoms with Crippen molar-refractivity contribution in [3.8, 4) is 0 Å². The van der Waals surface area contributed by atoms with Crippen LogP contribution in [0.5, 0.6) is 0 Å². The van der Waals surface area contributed by atoms with E-state index in [1.54, 1.807) is 0 Å². The summed E-state index contributed by atoms with van der Waals surface area (Å²) in [5.74, 6) is 1.89. The maximum absolute atomic E-state index is 13.3. The van der Waals surface area contributed by atoms with E-state index in [9.17, 15) is 14.4 Å². The summed E-state index contributed by atoms with van der Waals surface area (Å²) in [5, 5.41) is 0. The van der Waals surface area contributed by atoms with Crippen LogP contribution >= 0.6 is 0 Å². The molecule has 5 rings (SSSR count). The molecule has 0 aromatic carbocycles. The molecule has 7 heteroatoms. The largest absolute Gasteiger partial charge is 0.469 e. The second-order valence-corrected chi connectivity index (χ2v) is 18.9. The minimum Gasteiger partial charge on any atom is -0.469 e. The number of fused-ring (bicyclic) bond motifs is 7. The molecular formula is C40H62N2O5. The predicted molar refractivity (Wildman–Crippen MR) is 183 cm³/mol. The first-order valence-corrected chi connectivity index (χ1v) is 18.4. The first-order chi connectivity index (χ1) is 21.8. The molecule has 0 amide bonds. The molecule has 0 aliphatic heterocycles. The van der Waals surface area contributed by atoms with Crippen LogP contribution in [0.2, 0.25) is 0 Å². The molecule has 47 heavy (non-hydrogen) atoms. The van der Waals surface area contributed by atoms with Crippen molar-refractivity contribution in [1.29, 1.82) is 0 Å². The van der Waals surface area contributed by atoms with Gasteiger partial charge < -0.3 is 15.0 Å². The van der Waals surface area contributed by atoms with E-state index in [2.05, 4.69) is 52.9 Å². The van der Waals surface area contributed by atoms with E-state index in [1.165, 1.54) is 31.9 Å². The number of hydrogen-bond acceptors (Lipinski definition) is 5. The van der Waals surface area contributed by atoms with Crippen molar-refractivity contribution in [3.63, 3.8) is 0 Å².